The van der Waals surface area contributed by atoms with Gasteiger partial charge >= 0.3 is 6.09 Å². The molecule has 156 valence electrons. The molecule has 1 aromatic carbocycles. The van der Waals surface area contributed by atoms with Gasteiger partial charge in [-0.25, -0.2) is 4.79 Å². The number of ether oxygens (including phenoxy) is 1. The van der Waals surface area contributed by atoms with E-state index >= 15 is 0 Å². The zero-order valence-corrected chi connectivity index (χ0v) is 17.5. The third-order valence-corrected chi connectivity index (χ3v) is 5.40. The van der Waals surface area contributed by atoms with Gasteiger partial charge in [-0.1, -0.05) is 6.42 Å². The monoisotopic (exact) mass is 398 g/mol. The molecule has 0 unspecified atom stereocenters. The highest BCUT2D eigenvalue weighted by Gasteiger charge is 2.46. The molecule has 0 aliphatic carbocycles. The highest BCUT2D eigenvalue weighted by Crippen LogP contribution is 2.28. The number of hydrogen-bond acceptors (Lipinski definition) is 5. The molecule has 7 nitrogen and oxygen atoms in total. The summed E-state index contributed by atoms with van der Waals surface area (Å²) in [5.74, 6) is -0.214. The molecule has 2 fully saturated rings. The summed E-state index contributed by atoms with van der Waals surface area (Å²) in [6, 6.07) is 8.20. The van der Waals surface area contributed by atoms with Crippen LogP contribution in [-0.4, -0.2) is 59.1 Å². The largest absolute Gasteiger partial charge is 0.444 e. The van der Waals surface area contributed by atoms with Crippen LogP contribution in [0.25, 0.3) is 0 Å². The lowest BCUT2D eigenvalue weighted by molar-refractivity contribution is -0.122. The number of benzene rings is 1. The van der Waals surface area contributed by atoms with Gasteiger partial charge in [0.05, 0.1) is 11.6 Å². The molecular weight excluding hydrogens is 368 g/mol. The maximum absolute atomic E-state index is 13.3. The smallest absolute Gasteiger partial charge is 0.411 e. The van der Waals surface area contributed by atoms with Crippen LogP contribution in [-0.2, 0) is 9.53 Å². The number of rotatable bonds is 3. The Bertz CT molecular complexity index is 773. The lowest BCUT2D eigenvalue weighted by Gasteiger charge is -2.36. The van der Waals surface area contributed by atoms with E-state index < -0.39 is 17.7 Å². The molecule has 1 N–H and O–H groups in total. The van der Waals surface area contributed by atoms with Gasteiger partial charge in [-0.15, -0.1) is 0 Å². The third kappa shape index (κ3) is 5.27. The van der Waals surface area contributed by atoms with E-state index in [9.17, 15) is 9.59 Å². The molecule has 0 radical (unpaired) electrons. The van der Waals surface area contributed by atoms with E-state index in [1.165, 1.54) is 6.42 Å². The van der Waals surface area contributed by atoms with Crippen molar-refractivity contribution >= 4 is 17.7 Å². The Kier molecular flexibility index (Phi) is 6.43. The average Bonchev–Trinajstić information content (AvgIpc) is 3.13. The predicted octanol–water partition coefficient (Wildman–Crippen LogP) is 3.36. The summed E-state index contributed by atoms with van der Waals surface area (Å²) in [6.07, 6.45) is 3.75. The minimum Gasteiger partial charge on any atom is -0.444 e. The molecule has 0 spiro atoms. The summed E-state index contributed by atoms with van der Waals surface area (Å²) in [5.41, 5.74) is 0.530. The van der Waals surface area contributed by atoms with Crippen molar-refractivity contribution in [3.63, 3.8) is 0 Å². The van der Waals surface area contributed by atoms with Crippen LogP contribution < -0.4 is 5.32 Å². The first-order valence-electron chi connectivity index (χ1n) is 10.3. The van der Waals surface area contributed by atoms with E-state index in [0.717, 1.165) is 32.4 Å². The quantitative estimate of drug-likeness (QED) is 0.844. The SMILES string of the molecule is CC(C)(C)OC(=O)N1CC[C@@H](N2CCCCC2)[C@H]1C(=O)Nc1ccc(C#N)cc1. The molecule has 7 heteroatoms. The number of anilines is 1. The summed E-state index contributed by atoms with van der Waals surface area (Å²) < 4.78 is 5.57. The number of amides is 2. The van der Waals surface area contributed by atoms with Gasteiger partial charge in [-0.2, -0.15) is 5.26 Å². The van der Waals surface area contributed by atoms with Crippen LogP contribution in [0.5, 0.6) is 0 Å². The number of nitrogens with one attached hydrogen (secondary N) is 1. The third-order valence-electron chi connectivity index (χ3n) is 5.40. The second kappa shape index (κ2) is 8.83. The van der Waals surface area contributed by atoms with E-state index in [-0.39, 0.29) is 11.9 Å². The molecule has 29 heavy (non-hydrogen) atoms. The van der Waals surface area contributed by atoms with Gasteiger partial charge in [0, 0.05) is 18.3 Å². The van der Waals surface area contributed by atoms with E-state index in [1.54, 1.807) is 29.2 Å². The van der Waals surface area contributed by atoms with E-state index in [4.69, 9.17) is 10.00 Å². The van der Waals surface area contributed by atoms with Crippen LogP contribution in [0.3, 0.4) is 0 Å². The molecule has 2 aliphatic rings. The van der Waals surface area contributed by atoms with Crippen LogP contribution in [0, 0.1) is 11.3 Å². The zero-order valence-electron chi connectivity index (χ0n) is 17.5. The Morgan fingerprint density at radius 1 is 1.10 bits per heavy atom. The Labute approximate surface area is 172 Å². The molecule has 2 aliphatic heterocycles. The first-order valence-corrected chi connectivity index (χ1v) is 10.3. The molecule has 2 amide bonds. The highest BCUT2D eigenvalue weighted by atomic mass is 16.6. The first-order chi connectivity index (χ1) is 13.8. The zero-order chi connectivity index (χ0) is 21.0. The van der Waals surface area contributed by atoms with Gasteiger partial charge in [0.2, 0.25) is 5.91 Å². The minimum absolute atomic E-state index is 0.0128. The Morgan fingerprint density at radius 3 is 2.34 bits per heavy atom. The van der Waals surface area contributed by atoms with Crippen LogP contribution in [0.4, 0.5) is 10.5 Å². The average molecular weight is 399 g/mol. The summed E-state index contributed by atoms with van der Waals surface area (Å²) in [4.78, 5) is 30.0. The van der Waals surface area contributed by atoms with Crippen LogP contribution >= 0.6 is 0 Å². The van der Waals surface area contributed by atoms with Gasteiger partial charge in [0.15, 0.2) is 0 Å². The number of carbonyl (C=O) groups excluding carboxylic acids is 2. The maximum Gasteiger partial charge on any atom is 0.411 e. The highest BCUT2D eigenvalue weighted by molar-refractivity contribution is 5.97. The number of hydrogen-bond donors (Lipinski definition) is 1. The van der Waals surface area contributed by atoms with Crippen molar-refractivity contribution in [3.05, 3.63) is 29.8 Å². The molecular formula is C22H30N4O3. The normalized spacial score (nSPS) is 22.8. The summed E-state index contributed by atoms with van der Waals surface area (Å²) in [6.45, 7) is 7.89. The van der Waals surface area contributed by atoms with E-state index in [1.807, 2.05) is 20.8 Å². The fraction of sp³-hybridized carbons (Fsp3) is 0.591. The van der Waals surface area contributed by atoms with Crippen molar-refractivity contribution < 1.29 is 14.3 Å². The van der Waals surface area contributed by atoms with Crippen molar-refractivity contribution in [2.75, 3.05) is 25.0 Å². The molecule has 0 aromatic heterocycles. The molecule has 3 rings (SSSR count). The fourth-order valence-electron chi connectivity index (χ4n) is 4.09. The fourth-order valence-corrected chi connectivity index (χ4v) is 4.09. The van der Waals surface area contributed by atoms with E-state index in [2.05, 4.69) is 16.3 Å². The number of likely N-dealkylation sites (tertiary alicyclic amines) is 2. The van der Waals surface area contributed by atoms with Crippen LogP contribution in [0.1, 0.15) is 52.0 Å². The van der Waals surface area contributed by atoms with Gasteiger partial charge in [0.25, 0.3) is 0 Å². The second-order valence-electron chi connectivity index (χ2n) is 8.75. The summed E-state index contributed by atoms with van der Waals surface area (Å²) in [5, 5.41) is 11.9. The van der Waals surface area contributed by atoms with Crippen molar-refractivity contribution in [3.8, 4) is 6.07 Å². The Morgan fingerprint density at radius 2 is 1.76 bits per heavy atom. The minimum atomic E-state index is -0.617. The second-order valence-corrected chi connectivity index (χ2v) is 8.75. The van der Waals surface area contributed by atoms with Crippen LogP contribution in [0.2, 0.25) is 0 Å². The van der Waals surface area contributed by atoms with Crippen molar-refractivity contribution in [2.45, 2.75) is 64.1 Å². The van der Waals surface area contributed by atoms with Gasteiger partial charge in [-0.3, -0.25) is 14.6 Å². The van der Waals surface area contributed by atoms with Gasteiger partial charge < -0.3 is 10.1 Å². The molecule has 0 saturated carbocycles. The topological polar surface area (TPSA) is 85.7 Å². The number of nitrogens with zero attached hydrogens (tertiary/aromatic N) is 3. The summed E-state index contributed by atoms with van der Waals surface area (Å²) in [7, 11) is 0. The van der Waals surface area contributed by atoms with Gasteiger partial charge in [0.1, 0.15) is 11.6 Å². The lowest BCUT2D eigenvalue weighted by Crippen LogP contribution is -2.54. The van der Waals surface area contributed by atoms with Gasteiger partial charge in [-0.05, 0) is 77.4 Å². The number of nitriles is 1. The van der Waals surface area contributed by atoms with E-state index in [0.29, 0.717) is 17.8 Å². The van der Waals surface area contributed by atoms with Crippen LogP contribution in [0.15, 0.2) is 24.3 Å². The summed E-state index contributed by atoms with van der Waals surface area (Å²) >= 11 is 0. The maximum atomic E-state index is 13.3. The molecule has 2 heterocycles. The molecule has 2 saturated heterocycles. The molecule has 0 bridgehead atoms. The van der Waals surface area contributed by atoms with Crippen molar-refractivity contribution in [1.29, 1.82) is 5.26 Å². The number of piperidine rings is 1. The number of carbonyl (C=O) groups is 2. The Hall–Kier alpha value is -2.59. The van der Waals surface area contributed by atoms with Crippen molar-refractivity contribution in [2.24, 2.45) is 0 Å². The Balaban J connectivity index is 1.80. The molecule has 1 aromatic rings. The standard InChI is InChI=1S/C22H30N4O3/c1-22(2,3)29-21(28)26-14-11-18(25-12-5-4-6-13-25)19(26)20(27)24-17-9-7-16(15-23)8-10-17/h7-10,18-19H,4-6,11-14H2,1-3H3,(H,24,27)/t18-,19+/m1/s1. The molecule has 2 atom stereocenters. The van der Waals surface area contributed by atoms with Crippen molar-refractivity contribution in [1.82, 2.24) is 9.80 Å². The predicted molar refractivity (Wildman–Crippen MR) is 110 cm³/mol. The lowest BCUT2D eigenvalue weighted by atomic mass is 10.0. The first kappa shape index (κ1) is 21.1.